The molecule has 146 valence electrons. The van der Waals surface area contributed by atoms with E-state index in [0.717, 1.165) is 27.3 Å². The molecule has 1 amide bonds. The number of carbonyl (C=O) groups is 1. The Morgan fingerprint density at radius 3 is 2.69 bits per heavy atom. The Labute approximate surface area is 171 Å². The van der Waals surface area contributed by atoms with Gasteiger partial charge in [-0.2, -0.15) is 0 Å². The van der Waals surface area contributed by atoms with E-state index in [1.165, 1.54) is 11.9 Å². The first-order chi connectivity index (χ1) is 14.1. The van der Waals surface area contributed by atoms with Crippen LogP contribution in [0.2, 0.25) is 0 Å². The number of nitrogens with two attached hydrogens (primary N) is 2. The fourth-order valence-electron chi connectivity index (χ4n) is 3.16. The minimum atomic E-state index is -0.507. The molecule has 0 saturated heterocycles. The number of para-hydroxylation sites is 1. The van der Waals surface area contributed by atoms with Crippen molar-refractivity contribution in [1.82, 2.24) is 15.0 Å². The molecule has 0 atom stereocenters. The first-order valence-corrected chi connectivity index (χ1v) is 9.94. The van der Waals surface area contributed by atoms with Crippen molar-refractivity contribution < 1.29 is 4.79 Å². The Kier molecular flexibility index (Phi) is 5.46. The summed E-state index contributed by atoms with van der Waals surface area (Å²) in [7, 11) is 0. The van der Waals surface area contributed by atoms with Crippen molar-refractivity contribution in [2.45, 2.75) is 19.5 Å². The third kappa shape index (κ3) is 4.23. The number of thiazole rings is 1. The summed E-state index contributed by atoms with van der Waals surface area (Å²) in [6.07, 6.45) is 4.05. The normalized spacial score (nSPS) is 10.9. The highest BCUT2D eigenvalue weighted by molar-refractivity contribution is 7.11. The molecule has 2 aromatic carbocycles. The maximum absolute atomic E-state index is 11.6. The lowest BCUT2D eigenvalue weighted by Gasteiger charge is -2.10. The molecule has 0 aliphatic heterocycles. The van der Waals surface area contributed by atoms with E-state index in [1.54, 1.807) is 23.5 Å². The van der Waals surface area contributed by atoms with E-state index in [2.05, 4.69) is 38.5 Å². The van der Waals surface area contributed by atoms with Gasteiger partial charge >= 0.3 is 0 Å². The molecule has 0 radical (unpaired) electrons. The van der Waals surface area contributed by atoms with Crippen LogP contribution < -0.4 is 16.8 Å². The number of hydrogen-bond donors (Lipinski definition) is 3. The highest BCUT2D eigenvalue weighted by atomic mass is 32.1. The molecule has 4 rings (SSSR count). The van der Waals surface area contributed by atoms with Gasteiger partial charge in [-0.25, -0.2) is 15.0 Å². The maximum Gasteiger partial charge on any atom is 0.250 e. The number of aromatic nitrogens is 3. The monoisotopic (exact) mass is 404 g/mol. The summed E-state index contributed by atoms with van der Waals surface area (Å²) >= 11 is 1.64. The zero-order valence-corrected chi connectivity index (χ0v) is 16.4. The molecule has 4 aromatic rings. The van der Waals surface area contributed by atoms with E-state index in [9.17, 15) is 4.79 Å². The van der Waals surface area contributed by atoms with Crippen LogP contribution in [-0.4, -0.2) is 20.9 Å². The van der Waals surface area contributed by atoms with Crippen molar-refractivity contribution in [1.29, 1.82) is 0 Å². The van der Waals surface area contributed by atoms with Gasteiger partial charge in [0.2, 0.25) is 0 Å². The third-order valence-electron chi connectivity index (χ3n) is 4.54. The molecule has 0 aliphatic rings. The molecule has 5 N–H and O–H groups in total. The second-order valence-corrected chi connectivity index (χ2v) is 7.76. The summed E-state index contributed by atoms with van der Waals surface area (Å²) < 4.78 is 0. The van der Waals surface area contributed by atoms with Crippen LogP contribution in [0.3, 0.4) is 0 Å². The number of benzene rings is 2. The quantitative estimate of drug-likeness (QED) is 0.436. The summed E-state index contributed by atoms with van der Waals surface area (Å²) in [5.74, 6) is 0.156. The van der Waals surface area contributed by atoms with E-state index in [4.69, 9.17) is 11.5 Å². The Hall–Kier alpha value is -3.36. The number of anilines is 1. The summed E-state index contributed by atoms with van der Waals surface area (Å²) in [4.78, 5) is 25.7. The smallest absolute Gasteiger partial charge is 0.250 e. The predicted octanol–water partition coefficient (Wildman–Crippen LogP) is 2.85. The van der Waals surface area contributed by atoms with Crippen LogP contribution in [0.4, 0.5) is 5.82 Å². The van der Waals surface area contributed by atoms with Crippen LogP contribution in [0.15, 0.2) is 55.0 Å². The molecule has 0 saturated carbocycles. The Morgan fingerprint density at radius 1 is 1.07 bits per heavy atom. The lowest BCUT2D eigenvalue weighted by atomic mass is 10.1. The topological polar surface area (TPSA) is 120 Å². The van der Waals surface area contributed by atoms with Gasteiger partial charge < -0.3 is 16.8 Å². The van der Waals surface area contributed by atoms with Crippen molar-refractivity contribution in [3.05, 3.63) is 81.6 Å². The van der Waals surface area contributed by atoms with Gasteiger partial charge in [0, 0.05) is 36.0 Å². The Bertz CT molecular complexity index is 1170. The first kappa shape index (κ1) is 19.0. The van der Waals surface area contributed by atoms with E-state index in [1.807, 2.05) is 18.3 Å². The molecule has 0 aliphatic carbocycles. The van der Waals surface area contributed by atoms with Crippen LogP contribution in [0.1, 0.15) is 31.4 Å². The van der Waals surface area contributed by atoms with Crippen molar-refractivity contribution in [3.8, 4) is 0 Å². The van der Waals surface area contributed by atoms with E-state index in [0.29, 0.717) is 30.0 Å². The van der Waals surface area contributed by atoms with Crippen molar-refractivity contribution in [3.63, 3.8) is 0 Å². The molecule has 7 nitrogen and oxygen atoms in total. The van der Waals surface area contributed by atoms with Gasteiger partial charge in [0.15, 0.2) is 0 Å². The molecule has 8 heteroatoms. The van der Waals surface area contributed by atoms with Crippen LogP contribution in [0.25, 0.3) is 10.9 Å². The van der Waals surface area contributed by atoms with Gasteiger partial charge in [-0.05, 0) is 23.3 Å². The standard InChI is InChI=1S/C21H20N6OS/c22-9-15-11-24-18(29-15)8-13-3-1-4-14(7-13)10-25-21-17-6-2-5-16(20(23)28)19(17)26-12-27-21/h1-7,11-12H,8-10,22H2,(H2,23,28)(H,25,26,27). The minimum Gasteiger partial charge on any atom is -0.366 e. The molecule has 0 fully saturated rings. The van der Waals surface area contributed by atoms with Gasteiger partial charge in [0.05, 0.1) is 16.1 Å². The summed E-state index contributed by atoms with van der Waals surface area (Å²) in [5, 5.41) is 5.15. The number of rotatable bonds is 7. The largest absolute Gasteiger partial charge is 0.366 e. The molecule has 0 spiro atoms. The molecule has 2 aromatic heterocycles. The zero-order chi connectivity index (χ0) is 20.2. The summed E-state index contributed by atoms with van der Waals surface area (Å²) in [6, 6.07) is 13.6. The van der Waals surface area contributed by atoms with Gasteiger partial charge in [0.1, 0.15) is 12.1 Å². The number of fused-ring (bicyclic) bond motifs is 1. The number of amides is 1. The van der Waals surface area contributed by atoms with Gasteiger partial charge in [-0.15, -0.1) is 11.3 Å². The number of hydrogen-bond acceptors (Lipinski definition) is 7. The van der Waals surface area contributed by atoms with Crippen molar-refractivity contribution in [2.24, 2.45) is 11.5 Å². The SMILES string of the molecule is NCc1cnc(Cc2cccc(CNc3ncnc4c(C(N)=O)cccc34)c2)s1. The fourth-order valence-corrected chi connectivity index (χ4v) is 4.00. The number of nitrogens with one attached hydrogen (secondary N) is 1. The summed E-state index contributed by atoms with van der Waals surface area (Å²) in [5.41, 5.74) is 14.4. The second kappa shape index (κ2) is 8.34. The van der Waals surface area contributed by atoms with E-state index < -0.39 is 5.91 Å². The molecule has 2 heterocycles. The lowest BCUT2D eigenvalue weighted by Crippen LogP contribution is -2.12. The maximum atomic E-state index is 11.6. The van der Waals surface area contributed by atoms with Crippen LogP contribution in [0.5, 0.6) is 0 Å². The average Bonchev–Trinajstić information content (AvgIpc) is 3.19. The van der Waals surface area contributed by atoms with E-state index in [-0.39, 0.29) is 0 Å². The molecule has 29 heavy (non-hydrogen) atoms. The van der Waals surface area contributed by atoms with Crippen molar-refractivity contribution in [2.75, 3.05) is 5.32 Å². The predicted molar refractivity (Wildman–Crippen MR) is 115 cm³/mol. The van der Waals surface area contributed by atoms with Crippen LogP contribution in [-0.2, 0) is 19.5 Å². The molecule has 0 unspecified atom stereocenters. The molecular formula is C21H20N6OS. The second-order valence-electron chi connectivity index (χ2n) is 6.56. The van der Waals surface area contributed by atoms with Crippen LogP contribution in [0, 0.1) is 0 Å². The first-order valence-electron chi connectivity index (χ1n) is 9.13. The minimum absolute atomic E-state index is 0.384. The van der Waals surface area contributed by atoms with Crippen molar-refractivity contribution >= 4 is 34.0 Å². The third-order valence-corrected chi connectivity index (χ3v) is 5.56. The lowest BCUT2D eigenvalue weighted by molar-refractivity contribution is 0.100. The van der Waals surface area contributed by atoms with E-state index >= 15 is 0 Å². The highest BCUT2D eigenvalue weighted by Gasteiger charge is 2.11. The fraction of sp³-hybridized carbons (Fsp3) is 0.143. The van der Waals surface area contributed by atoms with Gasteiger partial charge in [-0.1, -0.05) is 30.3 Å². The van der Waals surface area contributed by atoms with Gasteiger partial charge in [0.25, 0.3) is 5.91 Å². The highest BCUT2D eigenvalue weighted by Crippen LogP contribution is 2.23. The average molecular weight is 404 g/mol. The molecular weight excluding hydrogens is 384 g/mol. The van der Waals surface area contributed by atoms with Crippen LogP contribution >= 0.6 is 11.3 Å². The number of primary amides is 1. The summed E-state index contributed by atoms with van der Waals surface area (Å²) in [6.45, 7) is 1.11. The Morgan fingerprint density at radius 2 is 1.90 bits per heavy atom. The molecule has 0 bridgehead atoms. The Balaban J connectivity index is 1.52. The number of carbonyl (C=O) groups excluding carboxylic acids is 1. The number of nitrogens with zero attached hydrogens (tertiary/aromatic N) is 3. The van der Waals surface area contributed by atoms with Gasteiger partial charge in [-0.3, -0.25) is 4.79 Å². The zero-order valence-electron chi connectivity index (χ0n) is 15.6.